The van der Waals surface area contributed by atoms with Crippen molar-refractivity contribution < 1.29 is 38.6 Å². The molecule has 2 amide bonds. The lowest BCUT2D eigenvalue weighted by Gasteiger charge is -2.23. The van der Waals surface area contributed by atoms with Gasteiger partial charge < -0.3 is 14.6 Å². The lowest BCUT2D eigenvalue weighted by Crippen LogP contribution is -2.54. The Bertz CT molecular complexity index is 1200. The molecule has 0 spiro atoms. The first-order valence-corrected chi connectivity index (χ1v) is 10.3. The molecule has 0 aliphatic carbocycles. The molecule has 0 aromatic heterocycles. The van der Waals surface area contributed by atoms with Crippen LogP contribution >= 0.6 is 0 Å². The fourth-order valence-electron chi connectivity index (χ4n) is 2.86. The molecule has 3 N–H and O–H groups in total. The number of nitrogens with one attached hydrogen (secondary N) is 2. The van der Waals surface area contributed by atoms with Gasteiger partial charge in [0.2, 0.25) is 12.2 Å². The Hall–Kier alpha value is -4.99. The summed E-state index contributed by atoms with van der Waals surface area (Å²) >= 11 is 0. The fourth-order valence-corrected chi connectivity index (χ4v) is 2.86. The Morgan fingerprint density at radius 1 is 0.571 bits per heavy atom. The molecule has 0 radical (unpaired) electrons. The average Bonchev–Trinajstić information content (AvgIpc) is 2.90. The summed E-state index contributed by atoms with van der Waals surface area (Å²) in [6.45, 7) is 0. The van der Waals surface area contributed by atoms with Crippen molar-refractivity contribution in [2.75, 3.05) is 0 Å². The van der Waals surface area contributed by atoms with Gasteiger partial charge in [-0.05, 0) is 36.4 Å². The summed E-state index contributed by atoms with van der Waals surface area (Å²) in [5.74, 6) is -5.78. The number of ether oxygens (including phenoxy) is 2. The van der Waals surface area contributed by atoms with Gasteiger partial charge in [-0.25, -0.2) is 14.4 Å². The van der Waals surface area contributed by atoms with Crippen LogP contribution < -0.4 is 10.9 Å². The third kappa shape index (κ3) is 6.75. The predicted octanol–water partition coefficient (Wildman–Crippen LogP) is 1.98. The Morgan fingerprint density at radius 3 is 1.40 bits per heavy atom. The third-order valence-electron chi connectivity index (χ3n) is 4.60. The second kappa shape index (κ2) is 11.8. The highest BCUT2D eigenvalue weighted by Crippen LogP contribution is 2.13. The van der Waals surface area contributed by atoms with Gasteiger partial charge in [0.05, 0.1) is 11.1 Å². The molecule has 0 aliphatic heterocycles. The zero-order chi connectivity index (χ0) is 25.2. The normalized spacial score (nSPS) is 11.9. The van der Waals surface area contributed by atoms with E-state index in [2.05, 4.69) is 5.43 Å². The van der Waals surface area contributed by atoms with Gasteiger partial charge >= 0.3 is 17.9 Å². The first kappa shape index (κ1) is 24.6. The summed E-state index contributed by atoms with van der Waals surface area (Å²) < 4.78 is 10.2. The van der Waals surface area contributed by atoms with E-state index in [1.54, 1.807) is 30.3 Å². The Kier molecular flexibility index (Phi) is 8.28. The van der Waals surface area contributed by atoms with Crippen LogP contribution in [-0.2, 0) is 19.1 Å². The molecule has 35 heavy (non-hydrogen) atoms. The Morgan fingerprint density at radius 2 is 0.971 bits per heavy atom. The molecule has 0 saturated heterocycles. The Labute approximate surface area is 199 Å². The van der Waals surface area contributed by atoms with Crippen molar-refractivity contribution in [3.63, 3.8) is 0 Å². The van der Waals surface area contributed by atoms with Crippen LogP contribution in [0.1, 0.15) is 31.1 Å². The van der Waals surface area contributed by atoms with Gasteiger partial charge in [-0.3, -0.25) is 20.4 Å². The number of carboxylic acids is 1. The predicted molar refractivity (Wildman–Crippen MR) is 121 cm³/mol. The van der Waals surface area contributed by atoms with E-state index in [9.17, 15) is 29.1 Å². The lowest BCUT2D eigenvalue weighted by atomic mass is 10.1. The van der Waals surface area contributed by atoms with E-state index >= 15 is 0 Å². The van der Waals surface area contributed by atoms with Crippen molar-refractivity contribution in [3.05, 3.63) is 108 Å². The van der Waals surface area contributed by atoms with E-state index in [1.807, 2.05) is 5.43 Å². The molecule has 0 unspecified atom stereocenters. The number of carbonyl (C=O) groups is 5. The molecule has 10 nitrogen and oxygen atoms in total. The fraction of sp³-hybridized carbons (Fsp3) is 0.0800. The standard InChI is InChI=1S/C25H20N2O8/c28-21(16-10-4-1-5-11-16)26-27-22(29)19(34-24(32)17-12-6-2-7-13-17)20(23(30)31)35-25(33)18-14-8-3-9-15-18/h1-15,19-20H,(H,26,28)(H,27,29)(H,30,31)/t19-,20+/m1/s1. The smallest absolute Gasteiger partial charge is 0.349 e. The molecule has 0 heterocycles. The van der Waals surface area contributed by atoms with Crippen molar-refractivity contribution >= 4 is 29.7 Å². The van der Waals surface area contributed by atoms with Crippen molar-refractivity contribution in [1.82, 2.24) is 10.9 Å². The molecular formula is C25H20N2O8. The van der Waals surface area contributed by atoms with Crippen molar-refractivity contribution in [3.8, 4) is 0 Å². The minimum atomic E-state index is -2.22. The summed E-state index contributed by atoms with van der Waals surface area (Å²) in [6, 6.07) is 22.8. The molecule has 0 bridgehead atoms. The molecule has 178 valence electrons. The molecule has 3 aromatic carbocycles. The van der Waals surface area contributed by atoms with E-state index in [1.165, 1.54) is 60.7 Å². The molecular weight excluding hydrogens is 456 g/mol. The van der Waals surface area contributed by atoms with Crippen molar-refractivity contribution in [2.24, 2.45) is 0 Å². The summed E-state index contributed by atoms with van der Waals surface area (Å²) in [7, 11) is 0. The van der Waals surface area contributed by atoms with Crippen LogP contribution in [0.5, 0.6) is 0 Å². The summed E-state index contributed by atoms with van der Waals surface area (Å²) in [5, 5.41) is 9.69. The highest BCUT2D eigenvalue weighted by molar-refractivity contribution is 5.99. The van der Waals surface area contributed by atoms with Gasteiger partial charge in [0.1, 0.15) is 0 Å². The van der Waals surface area contributed by atoms with Crippen LogP contribution in [0.2, 0.25) is 0 Å². The van der Waals surface area contributed by atoms with E-state index in [0.29, 0.717) is 0 Å². The monoisotopic (exact) mass is 476 g/mol. The highest BCUT2D eigenvalue weighted by Gasteiger charge is 2.41. The molecule has 2 atom stereocenters. The first-order valence-electron chi connectivity index (χ1n) is 10.3. The quantitative estimate of drug-likeness (QED) is 0.330. The van der Waals surface area contributed by atoms with Crippen LogP contribution in [0, 0.1) is 0 Å². The summed E-state index contributed by atoms with van der Waals surface area (Å²) in [4.78, 5) is 62.1. The van der Waals surface area contributed by atoms with Crippen LogP contribution in [0.4, 0.5) is 0 Å². The zero-order valence-corrected chi connectivity index (χ0v) is 18.1. The van der Waals surface area contributed by atoms with Gasteiger partial charge in [0.25, 0.3) is 11.8 Å². The summed E-state index contributed by atoms with van der Waals surface area (Å²) in [5.41, 5.74) is 4.37. The second-order valence-corrected chi connectivity index (χ2v) is 7.03. The molecule has 3 rings (SSSR count). The maximum absolute atomic E-state index is 12.9. The number of rotatable bonds is 8. The lowest BCUT2D eigenvalue weighted by molar-refractivity contribution is -0.159. The van der Waals surface area contributed by atoms with E-state index in [4.69, 9.17) is 9.47 Å². The molecule has 0 fully saturated rings. The van der Waals surface area contributed by atoms with Crippen molar-refractivity contribution in [2.45, 2.75) is 12.2 Å². The number of hydrogen-bond donors (Lipinski definition) is 3. The third-order valence-corrected chi connectivity index (χ3v) is 4.60. The number of aliphatic carboxylic acids is 1. The SMILES string of the molecule is O=C(NNC(=O)[C@H](OC(=O)c1ccccc1)[C@H](OC(=O)c1ccccc1)C(=O)O)c1ccccc1. The number of benzene rings is 3. The topological polar surface area (TPSA) is 148 Å². The van der Waals surface area contributed by atoms with E-state index < -0.39 is 41.9 Å². The van der Waals surface area contributed by atoms with Crippen LogP contribution in [-0.4, -0.2) is 47.0 Å². The van der Waals surface area contributed by atoms with Gasteiger partial charge in [-0.2, -0.15) is 0 Å². The van der Waals surface area contributed by atoms with Gasteiger partial charge in [-0.15, -0.1) is 0 Å². The van der Waals surface area contributed by atoms with E-state index in [0.717, 1.165) is 0 Å². The van der Waals surface area contributed by atoms with Crippen LogP contribution in [0.3, 0.4) is 0 Å². The van der Waals surface area contributed by atoms with Gasteiger partial charge in [0.15, 0.2) is 0 Å². The van der Waals surface area contributed by atoms with Crippen LogP contribution in [0.25, 0.3) is 0 Å². The minimum absolute atomic E-state index is 0.0182. The van der Waals surface area contributed by atoms with Gasteiger partial charge in [0, 0.05) is 5.56 Å². The maximum atomic E-state index is 12.9. The number of amides is 2. The van der Waals surface area contributed by atoms with E-state index in [-0.39, 0.29) is 16.7 Å². The average molecular weight is 476 g/mol. The van der Waals surface area contributed by atoms with Gasteiger partial charge in [-0.1, -0.05) is 54.6 Å². The maximum Gasteiger partial charge on any atom is 0.349 e. The second-order valence-electron chi connectivity index (χ2n) is 7.03. The Balaban J connectivity index is 1.82. The molecule has 0 aliphatic rings. The minimum Gasteiger partial charge on any atom is -0.478 e. The number of esters is 2. The molecule has 10 heteroatoms. The largest absolute Gasteiger partial charge is 0.478 e. The first-order chi connectivity index (χ1) is 16.9. The molecule has 3 aromatic rings. The number of carbonyl (C=O) groups excluding carboxylic acids is 4. The zero-order valence-electron chi connectivity index (χ0n) is 18.1. The van der Waals surface area contributed by atoms with Crippen LogP contribution in [0.15, 0.2) is 91.0 Å². The number of hydrogen-bond acceptors (Lipinski definition) is 7. The highest BCUT2D eigenvalue weighted by atomic mass is 16.6. The number of carboxylic acid groups (broad SMARTS) is 1. The molecule has 0 saturated carbocycles. The number of hydrazine groups is 1. The van der Waals surface area contributed by atoms with Crippen molar-refractivity contribution in [1.29, 1.82) is 0 Å². The summed E-state index contributed by atoms with van der Waals surface area (Å²) in [6.07, 6.45) is -4.35.